The van der Waals surface area contributed by atoms with Gasteiger partial charge in [-0.1, -0.05) is 18.2 Å². The van der Waals surface area contributed by atoms with Crippen molar-refractivity contribution < 1.29 is 14.0 Å². The first-order valence-electron chi connectivity index (χ1n) is 9.89. The molecule has 3 amide bonds. The zero-order valence-corrected chi connectivity index (χ0v) is 16.5. The number of urea groups is 1. The number of carbonyl (C=O) groups is 2. The van der Waals surface area contributed by atoms with Crippen LogP contribution >= 0.6 is 0 Å². The summed E-state index contributed by atoms with van der Waals surface area (Å²) in [5.41, 5.74) is 1.50. The van der Waals surface area contributed by atoms with E-state index in [1.807, 2.05) is 18.2 Å². The van der Waals surface area contributed by atoms with Gasteiger partial charge in [-0.05, 0) is 42.7 Å². The first kappa shape index (κ1) is 19.4. The van der Waals surface area contributed by atoms with Crippen molar-refractivity contribution in [2.24, 2.45) is 11.3 Å². The van der Waals surface area contributed by atoms with Gasteiger partial charge < -0.3 is 15.1 Å². The van der Waals surface area contributed by atoms with Crippen LogP contribution in [0.4, 0.5) is 9.18 Å². The third kappa shape index (κ3) is 4.23. The van der Waals surface area contributed by atoms with Gasteiger partial charge in [-0.2, -0.15) is 0 Å². The van der Waals surface area contributed by atoms with Gasteiger partial charge in [0.25, 0.3) is 0 Å². The molecule has 152 valence electrons. The molecular formula is C22H25FN4O2. The summed E-state index contributed by atoms with van der Waals surface area (Å²) in [5, 5.41) is 2.85. The van der Waals surface area contributed by atoms with E-state index in [1.165, 1.54) is 12.1 Å². The number of aromatic nitrogens is 1. The highest BCUT2D eigenvalue weighted by Crippen LogP contribution is 2.59. The van der Waals surface area contributed by atoms with Crippen LogP contribution in [-0.4, -0.2) is 46.9 Å². The average Bonchev–Trinajstić information content (AvgIpc) is 3.25. The number of nitrogens with one attached hydrogen (secondary N) is 1. The molecule has 1 aliphatic carbocycles. The Balaban J connectivity index is 1.28. The highest BCUT2D eigenvalue weighted by Gasteiger charge is 2.61. The van der Waals surface area contributed by atoms with E-state index < -0.39 is 0 Å². The summed E-state index contributed by atoms with van der Waals surface area (Å²) in [6.07, 6.45) is 3.39. The summed E-state index contributed by atoms with van der Waals surface area (Å²) in [5.74, 6) is -0.221. The molecule has 2 aliphatic rings. The Morgan fingerprint density at radius 3 is 2.93 bits per heavy atom. The Bertz CT molecular complexity index is 907. The lowest BCUT2D eigenvalue weighted by Gasteiger charge is -2.20. The standard InChI is InChI=1S/C22H25FN4O2/c1-26(14-18-7-2-3-9-24-18)20(28)19-12-22(19)8-10-27(15-22)21(29)25-13-16-5-4-6-17(23)11-16/h2-7,9,11,19H,8,10,12-15H2,1H3,(H,25,29)/t19-,22+/m0/s1. The van der Waals surface area contributed by atoms with Gasteiger partial charge in [0.15, 0.2) is 0 Å². The molecule has 0 bridgehead atoms. The van der Waals surface area contributed by atoms with E-state index in [0.29, 0.717) is 19.6 Å². The number of amides is 3. The minimum absolute atomic E-state index is 0.0303. The molecule has 1 aromatic heterocycles. The molecule has 1 aliphatic heterocycles. The summed E-state index contributed by atoms with van der Waals surface area (Å²) in [4.78, 5) is 33.1. The Morgan fingerprint density at radius 2 is 2.17 bits per heavy atom. The fourth-order valence-electron chi connectivity index (χ4n) is 4.23. The van der Waals surface area contributed by atoms with Crippen molar-refractivity contribution in [3.63, 3.8) is 0 Å². The highest BCUT2D eigenvalue weighted by atomic mass is 19.1. The van der Waals surface area contributed by atoms with Gasteiger partial charge in [-0.25, -0.2) is 9.18 Å². The van der Waals surface area contributed by atoms with Crippen LogP contribution in [0.2, 0.25) is 0 Å². The molecule has 2 fully saturated rings. The second kappa shape index (κ2) is 7.81. The van der Waals surface area contributed by atoms with E-state index in [1.54, 1.807) is 35.2 Å². The summed E-state index contributed by atoms with van der Waals surface area (Å²) in [6.45, 7) is 2.01. The molecule has 0 unspecified atom stereocenters. The lowest BCUT2D eigenvalue weighted by Crippen LogP contribution is -2.38. The molecule has 6 nitrogen and oxygen atoms in total. The van der Waals surface area contributed by atoms with Crippen LogP contribution in [-0.2, 0) is 17.9 Å². The lowest BCUT2D eigenvalue weighted by molar-refractivity contribution is -0.132. The fraction of sp³-hybridized carbons (Fsp3) is 0.409. The number of benzene rings is 1. The van der Waals surface area contributed by atoms with Crippen LogP contribution in [0.5, 0.6) is 0 Å². The molecule has 0 radical (unpaired) electrons. The lowest BCUT2D eigenvalue weighted by atomic mass is 10.0. The monoisotopic (exact) mass is 396 g/mol. The highest BCUT2D eigenvalue weighted by molar-refractivity contribution is 5.83. The van der Waals surface area contributed by atoms with Gasteiger partial charge in [-0.15, -0.1) is 0 Å². The van der Waals surface area contributed by atoms with Gasteiger partial charge >= 0.3 is 6.03 Å². The SMILES string of the molecule is CN(Cc1ccccn1)C(=O)[C@@H]1C[C@@]12CCN(C(=O)NCc1cccc(F)c1)C2. The number of hydrogen-bond donors (Lipinski definition) is 1. The number of pyridine rings is 1. The largest absolute Gasteiger partial charge is 0.340 e. The normalized spacial score (nSPS) is 22.6. The number of carbonyl (C=O) groups excluding carboxylic acids is 2. The Labute approximate surface area is 169 Å². The topological polar surface area (TPSA) is 65.5 Å². The van der Waals surface area contributed by atoms with Gasteiger partial charge in [0.1, 0.15) is 5.82 Å². The van der Waals surface area contributed by atoms with Gasteiger partial charge in [0.2, 0.25) is 5.91 Å². The van der Waals surface area contributed by atoms with Crippen LogP contribution in [0.25, 0.3) is 0 Å². The van der Waals surface area contributed by atoms with E-state index in [-0.39, 0.29) is 35.6 Å². The summed E-state index contributed by atoms with van der Waals surface area (Å²) in [6, 6.07) is 11.7. The fourth-order valence-corrected chi connectivity index (χ4v) is 4.23. The average molecular weight is 396 g/mol. The molecule has 7 heteroatoms. The number of halogens is 1. The van der Waals surface area contributed by atoms with Gasteiger partial charge in [0, 0.05) is 44.2 Å². The van der Waals surface area contributed by atoms with Crippen molar-refractivity contribution >= 4 is 11.9 Å². The third-order valence-electron chi connectivity index (χ3n) is 5.99. The van der Waals surface area contributed by atoms with Crippen molar-refractivity contribution in [2.75, 3.05) is 20.1 Å². The molecule has 2 atom stereocenters. The van der Waals surface area contributed by atoms with E-state index >= 15 is 0 Å². The van der Waals surface area contributed by atoms with Crippen molar-refractivity contribution in [3.05, 3.63) is 65.7 Å². The first-order valence-corrected chi connectivity index (χ1v) is 9.89. The molecule has 1 N–H and O–H groups in total. The van der Waals surface area contributed by atoms with Crippen LogP contribution in [0.1, 0.15) is 24.1 Å². The van der Waals surface area contributed by atoms with E-state index in [0.717, 1.165) is 24.1 Å². The van der Waals surface area contributed by atoms with Crippen molar-refractivity contribution in [2.45, 2.75) is 25.9 Å². The number of rotatable bonds is 5. The molecule has 1 aromatic carbocycles. The Kier molecular flexibility index (Phi) is 5.22. The quantitative estimate of drug-likeness (QED) is 0.845. The predicted molar refractivity (Wildman–Crippen MR) is 106 cm³/mol. The molecule has 4 rings (SSSR count). The molecule has 29 heavy (non-hydrogen) atoms. The summed E-state index contributed by atoms with van der Waals surface area (Å²) >= 11 is 0. The minimum Gasteiger partial charge on any atom is -0.340 e. The maximum Gasteiger partial charge on any atom is 0.317 e. The van der Waals surface area contributed by atoms with Crippen LogP contribution < -0.4 is 5.32 Å². The van der Waals surface area contributed by atoms with Crippen LogP contribution in [0.15, 0.2) is 48.7 Å². The maximum atomic E-state index is 13.3. The summed E-state index contributed by atoms with van der Waals surface area (Å²) in [7, 11) is 1.81. The molecule has 1 saturated carbocycles. The first-order chi connectivity index (χ1) is 14.0. The maximum absolute atomic E-state index is 13.3. The van der Waals surface area contributed by atoms with Gasteiger partial charge in [0.05, 0.1) is 12.2 Å². The third-order valence-corrected chi connectivity index (χ3v) is 5.99. The summed E-state index contributed by atoms with van der Waals surface area (Å²) < 4.78 is 13.3. The molecule has 1 saturated heterocycles. The van der Waals surface area contributed by atoms with E-state index in [4.69, 9.17) is 0 Å². The van der Waals surface area contributed by atoms with Crippen molar-refractivity contribution in [1.82, 2.24) is 20.1 Å². The zero-order valence-electron chi connectivity index (χ0n) is 16.5. The van der Waals surface area contributed by atoms with Crippen molar-refractivity contribution in [3.8, 4) is 0 Å². The van der Waals surface area contributed by atoms with Crippen LogP contribution in [0, 0.1) is 17.2 Å². The Hall–Kier alpha value is -2.96. The van der Waals surface area contributed by atoms with Gasteiger partial charge in [-0.3, -0.25) is 9.78 Å². The number of nitrogens with zero attached hydrogens (tertiary/aromatic N) is 3. The van der Waals surface area contributed by atoms with Crippen molar-refractivity contribution in [1.29, 1.82) is 0 Å². The number of likely N-dealkylation sites (tertiary alicyclic amines) is 1. The second-order valence-corrected chi connectivity index (χ2v) is 8.09. The molecule has 2 aromatic rings. The molecule has 2 heterocycles. The second-order valence-electron chi connectivity index (χ2n) is 8.09. The van der Waals surface area contributed by atoms with E-state index in [9.17, 15) is 14.0 Å². The Morgan fingerprint density at radius 1 is 1.31 bits per heavy atom. The van der Waals surface area contributed by atoms with Crippen LogP contribution in [0.3, 0.4) is 0 Å². The molecule has 1 spiro atoms. The predicted octanol–water partition coefficient (Wildman–Crippen LogP) is 2.80. The zero-order chi connectivity index (χ0) is 20.4. The number of hydrogen-bond acceptors (Lipinski definition) is 3. The van der Waals surface area contributed by atoms with E-state index in [2.05, 4.69) is 10.3 Å². The smallest absolute Gasteiger partial charge is 0.317 e. The molecular weight excluding hydrogens is 371 g/mol. The minimum atomic E-state index is -0.314.